The molecule has 0 aromatic rings. The Balaban J connectivity index is 2.42. The van der Waals surface area contributed by atoms with Crippen LogP contribution in [-0.4, -0.2) is 30.7 Å². The molecule has 0 spiro atoms. The fourth-order valence-electron chi connectivity index (χ4n) is 2.88. The van der Waals surface area contributed by atoms with Gasteiger partial charge in [0.15, 0.2) is 0 Å². The smallest absolute Gasteiger partial charge is 0.0890 e. The SMILES string of the molecule is CCCCC1CCC[N+]1(C)CCC. The van der Waals surface area contributed by atoms with Crippen molar-refractivity contribution in [2.45, 2.75) is 58.4 Å². The van der Waals surface area contributed by atoms with Crippen LogP contribution < -0.4 is 0 Å². The van der Waals surface area contributed by atoms with Crippen LogP contribution in [0.5, 0.6) is 0 Å². The van der Waals surface area contributed by atoms with Crippen molar-refractivity contribution in [1.82, 2.24) is 0 Å². The van der Waals surface area contributed by atoms with Crippen molar-refractivity contribution in [2.75, 3.05) is 20.1 Å². The molecule has 0 radical (unpaired) electrons. The van der Waals surface area contributed by atoms with Gasteiger partial charge in [0.2, 0.25) is 0 Å². The molecule has 78 valence electrons. The average Bonchev–Trinajstić information content (AvgIpc) is 2.44. The summed E-state index contributed by atoms with van der Waals surface area (Å²) >= 11 is 0. The Morgan fingerprint density at radius 2 is 2.00 bits per heavy atom. The Labute approximate surface area is 83.7 Å². The van der Waals surface area contributed by atoms with Gasteiger partial charge in [-0.15, -0.1) is 0 Å². The molecule has 1 fully saturated rings. The van der Waals surface area contributed by atoms with Crippen LogP contribution in [-0.2, 0) is 0 Å². The topological polar surface area (TPSA) is 0 Å². The van der Waals surface area contributed by atoms with Crippen molar-refractivity contribution in [3.8, 4) is 0 Å². The van der Waals surface area contributed by atoms with Crippen molar-refractivity contribution in [1.29, 1.82) is 0 Å². The lowest BCUT2D eigenvalue weighted by Crippen LogP contribution is -2.48. The molecule has 2 atom stereocenters. The molecule has 1 aliphatic heterocycles. The molecule has 1 heterocycles. The van der Waals surface area contributed by atoms with E-state index < -0.39 is 0 Å². The number of quaternary nitrogens is 1. The Hall–Kier alpha value is -0.0400. The number of likely N-dealkylation sites (tertiary alicyclic amines) is 1. The Bertz CT molecular complexity index is 144. The second-order valence-corrected chi connectivity index (χ2v) is 4.86. The van der Waals surface area contributed by atoms with Crippen molar-refractivity contribution in [3.63, 3.8) is 0 Å². The van der Waals surface area contributed by atoms with Crippen LogP contribution in [0, 0.1) is 0 Å². The van der Waals surface area contributed by atoms with Gasteiger partial charge in [0.05, 0.1) is 26.2 Å². The molecular formula is C12H26N+. The van der Waals surface area contributed by atoms with Crippen LogP contribution in [0.3, 0.4) is 0 Å². The standard InChI is InChI=1S/C12H26N/c1-4-6-8-12-9-7-11-13(12,3)10-5-2/h12H,4-11H2,1-3H3/q+1. The number of hydrogen-bond acceptors (Lipinski definition) is 0. The number of unbranched alkanes of at least 4 members (excludes halogenated alkanes) is 1. The lowest BCUT2D eigenvalue weighted by Gasteiger charge is -2.36. The minimum absolute atomic E-state index is 0.986. The first kappa shape index (κ1) is 11.0. The summed E-state index contributed by atoms with van der Waals surface area (Å²) in [5.41, 5.74) is 0. The number of hydrogen-bond donors (Lipinski definition) is 0. The number of rotatable bonds is 5. The predicted octanol–water partition coefficient (Wildman–Crippen LogP) is 3.20. The second-order valence-electron chi connectivity index (χ2n) is 4.86. The summed E-state index contributed by atoms with van der Waals surface area (Å²) in [6, 6.07) is 0.986. The molecule has 1 rings (SSSR count). The van der Waals surface area contributed by atoms with Gasteiger partial charge in [-0.2, -0.15) is 0 Å². The normalized spacial score (nSPS) is 33.9. The highest BCUT2D eigenvalue weighted by molar-refractivity contribution is 4.67. The minimum atomic E-state index is 0.986. The molecule has 0 bridgehead atoms. The van der Waals surface area contributed by atoms with E-state index in [2.05, 4.69) is 20.9 Å². The quantitative estimate of drug-likeness (QED) is 0.576. The fraction of sp³-hybridized carbons (Fsp3) is 1.00. The molecule has 0 aromatic carbocycles. The second kappa shape index (κ2) is 4.99. The third-order valence-electron chi connectivity index (χ3n) is 3.71. The van der Waals surface area contributed by atoms with E-state index in [4.69, 9.17) is 0 Å². The highest BCUT2D eigenvalue weighted by atomic mass is 15.4. The highest BCUT2D eigenvalue weighted by Gasteiger charge is 2.36. The number of nitrogens with zero attached hydrogens (tertiary/aromatic N) is 1. The molecule has 13 heavy (non-hydrogen) atoms. The largest absolute Gasteiger partial charge is 0.324 e. The van der Waals surface area contributed by atoms with Crippen molar-refractivity contribution in [3.05, 3.63) is 0 Å². The van der Waals surface area contributed by atoms with Crippen LogP contribution in [0.25, 0.3) is 0 Å². The van der Waals surface area contributed by atoms with Crippen molar-refractivity contribution >= 4 is 0 Å². The Kier molecular flexibility index (Phi) is 4.24. The third kappa shape index (κ3) is 2.70. The zero-order valence-corrected chi connectivity index (χ0v) is 9.68. The zero-order valence-electron chi connectivity index (χ0n) is 9.68. The summed E-state index contributed by atoms with van der Waals surface area (Å²) in [4.78, 5) is 0. The molecule has 1 heteroatoms. The first-order valence-electron chi connectivity index (χ1n) is 6.07. The average molecular weight is 184 g/mol. The van der Waals surface area contributed by atoms with Gasteiger partial charge in [0, 0.05) is 12.8 Å². The van der Waals surface area contributed by atoms with Gasteiger partial charge in [0.1, 0.15) is 0 Å². The van der Waals surface area contributed by atoms with Gasteiger partial charge >= 0.3 is 0 Å². The zero-order chi connectivity index (χ0) is 9.73. The van der Waals surface area contributed by atoms with E-state index in [1.807, 2.05) is 0 Å². The summed E-state index contributed by atoms with van der Waals surface area (Å²) in [6.07, 6.45) is 8.55. The molecule has 0 amide bonds. The van der Waals surface area contributed by atoms with Gasteiger partial charge in [-0.25, -0.2) is 0 Å². The van der Waals surface area contributed by atoms with E-state index >= 15 is 0 Å². The Morgan fingerprint density at radius 3 is 2.62 bits per heavy atom. The van der Waals surface area contributed by atoms with Crippen molar-refractivity contribution in [2.24, 2.45) is 0 Å². The molecular weight excluding hydrogens is 158 g/mol. The van der Waals surface area contributed by atoms with E-state index in [1.54, 1.807) is 0 Å². The van der Waals surface area contributed by atoms with Crippen LogP contribution in [0.1, 0.15) is 52.4 Å². The minimum Gasteiger partial charge on any atom is -0.324 e. The van der Waals surface area contributed by atoms with Gasteiger partial charge in [-0.05, 0) is 19.3 Å². The fourth-order valence-corrected chi connectivity index (χ4v) is 2.88. The van der Waals surface area contributed by atoms with E-state index in [0.717, 1.165) is 6.04 Å². The van der Waals surface area contributed by atoms with Crippen molar-refractivity contribution < 1.29 is 4.48 Å². The van der Waals surface area contributed by atoms with Crippen LogP contribution in [0.15, 0.2) is 0 Å². The summed E-state index contributed by atoms with van der Waals surface area (Å²) in [6.45, 7) is 7.45. The van der Waals surface area contributed by atoms with Gasteiger partial charge in [0.25, 0.3) is 0 Å². The summed E-state index contributed by atoms with van der Waals surface area (Å²) in [5, 5.41) is 0. The molecule has 0 N–H and O–H groups in total. The first-order valence-corrected chi connectivity index (χ1v) is 6.07. The summed E-state index contributed by atoms with van der Waals surface area (Å²) < 4.78 is 1.37. The molecule has 1 aliphatic rings. The lowest BCUT2D eigenvalue weighted by atomic mass is 10.1. The van der Waals surface area contributed by atoms with Crippen LogP contribution in [0.2, 0.25) is 0 Å². The molecule has 1 saturated heterocycles. The Morgan fingerprint density at radius 1 is 1.23 bits per heavy atom. The molecule has 0 aromatic heterocycles. The monoisotopic (exact) mass is 184 g/mol. The van der Waals surface area contributed by atoms with E-state index in [-0.39, 0.29) is 0 Å². The van der Waals surface area contributed by atoms with Crippen LogP contribution in [0.4, 0.5) is 0 Å². The predicted molar refractivity (Wildman–Crippen MR) is 58.8 cm³/mol. The maximum atomic E-state index is 2.47. The van der Waals surface area contributed by atoms with Gasteiger partial charge in [-0.1, -0.05) is 20.3 Å². The van der Waals surface area contributed by atoms with E-state index in [9.17, 15) is 0 Å². The third-order valence-corrected chi connectivity index (χ3v) is 3.71. The summed E-state index contributed by atoms with van der Waals surface area (Å²) in [7, 11) is 2.47. The lowest BCUT2D eigenvalue weighted by molar-refractivity contribution is -0.921. The van der Waals surface area contributed by atoms with E-state index in [0.29, 0.717) is 0 Å². The van der Waals surface area contributed by atoms with Gasteiger partial charge < -0.3 is 4.48 Å². The maximum absolute atomic E-state index is 2.47. The first-order chi connectivity index (χ1) is 6.23. The molecule has 0 aliphatic carbocycles. The van der Waals surface area contributed by atoms with E-state index in [1.165, 1.54) is 56.1 Å². The molecule has 2 unspecified atom stereocenters. The summed E-state index contributed by atoms with van der Waals surface area (Å²) in [5.74, 6) is 0. The highest BCUT2D eigenvalue weighted by Crippen LogP contribution is 2.28. The van der Waals surface area contributed by atoms with Gasteiger partial charge in [-0.3, -0.25) is 0 Å². The molecule has 0 saturated carbocycles. The van der Waals surface area contributed by atoms with Crippen LogP contribution >= 0.6 is 0 Å². The molecule has 1 nitrogen and oxygen atoms in total. The maximum Gasteiger partial charge on any atom is 0.0890 e.